The van der Waals surface area contributed by atoms with Crippen molar-refractivity contribution >= 4 is 30.6 Å². The maximum atomic E-state index is 8.81. The summed E-state index contributed by atoms with van der Waals surface area (Å²) in [6.07, 6.45) is 7.54. The smallest absolute Gasteiger partial charge is 0.150 e. The van der Waals surface area contributed by atoms with E-state index in [0.717, 1.165) is 29.9 Å². The van der Waals surface area contributed by atoms with Gasteiger partial charge < -0.3 is 4.74 Å². The molecule has 2 aromatic carbocycles. The number of halogens is 1. The fourth-order valence-corrected chi connectivity index (χ4v) is 4.04. The molecular formula is C22H26ClNOSi. The second-order valence-electron chi connectivity index (χ2n) is 7.01. The van der Waals surface area contributed by atoms with Crippen LogP contribution in [0, 0.1) is 11.3 Å². The number of hydrogen-bond donors (Lipinski definition) is 0. The van der Waals surface area contributed by atoms with Crippen molar-refractivity contribution in [2.75, 3.05) is 6.61 Å². The Hall–Kier alpha value is -2.02. The number of hydrogen-bond acceptors (Lipinski definition) is 2. The van der Waals surface area contributed by atoms with E-state index in [1.807, 2.05) is 42.5 Å². The van der Waals surface area contributed by atoms with E-state index >= 15 is 0 Å². The zero-order valence-electron chi connectivity index (χ0n) is 15.5. The van der Waals surface area contributed by atoms with Crippen LogP contribution in [0.4, 0.5) is 0 Å². The van der Waals surface area contributed by atoms with Crippen LogP contribution in [0.2, 0.25) is 19.1 Å². The Morgan fingerprint density at radius 1 is 0.923 bits per heavy atom. The summed E-state index contributed by atoms with van der Waals surface area (Å²) >= 11 is 6.32. The van der Waals surface area contributed by atoms with Gasteiger partial charge in [-0.15, -0.1) is 0 Å². The first-order valence-corrected chi connectivity index (χ1v) is 13.3. The molecule has 0 atom stereocenters. The van der Waals surface area contributed by atoms with Crippen LogP contribution in [0.3, 0.4) is 0 Å². The van der Waals surface area contributed by atoms with Crippen LogP contribution in [0.1, 0.15) is 36.0 Å². The highest BCUT2D eigenvalue weighted by Gasteiger charge is 2.15. The molecule has 0 radical (unpaired) electrons. The molecule has 0 amide bonds. The molecule has 26 heavy (non-hydrogen) atoms. The standard InChI is InChI=1S/C22H26ClNOSi/c1-26(2,23)17-5-3-4-16-25-22-14-12-20(13-15-22)7-6-19-8-10-21(18-24)11-9-19/h6-15H,3-5,16-17H2,1-2H3/b7-6+. The van der Waals surface area contributed by atoms with E-state index < -0.39 is 7.38 Å². The average Bonchev–Trinajstić information content (AvgIpc) is 2.63. The van der Waals surface area contributed by atoms with Gasteiger partial charge in [0.25, 0.3) is 0 Å². The van der Waals surface area contributed by atoms with Crippen molar-refractivity contribution in [1.29, 1.82) is 5.26 Å². The number of rotatable bonds is 9. The van der Waals surface area contributed by atoms with Gasteiger partial charge in [-0.25, -0.2) is 0 Å². The largest absolute Gasteiger partial charge is 0.494 e. The Bertz CT molecular complexity index is 740. The molecule has 0 saturated carbocycles. The van der Waals surface area contributed by atoms with Gasteiger partial charge in [-0.2, -0.15) is 16.3 Å². The molecule has 0 heterocycles. The van der Waals surface area contributed by atoms with Gasteiger partial charge in [0, 0.05) is 0 Å². The first-order chi connectivity index (χ1) is 12.5. The van der Waals surface area contributed by atoms with Crippen LogP contribution in [-0.2, 0) is 0 Å². The van der Waals surface area contributed by atoms with Crippen LogP contribution in [0.5, 0.6) is 5.75 Å². The molecule has 0 aliphatic rings. The maximum Gasteiger partial charge on any atom is 0.150 e. The summed E-state index contributed by atoms with van der Waals surface area (Å²) in [5.41, 5.74) is 2.88. The highest BCUT2D eigenvalue weighted by Crippen LogP contribution is 2.19. The lowest BCUT2D eigenvalue weighted by Crippen LogP contribution is -2.15. The summed E-state index contributed by atoms with van der Waals surface area (Å²) < 4.78 is 5.81. The van der Waals surface area contributed by atoms with Gasteiger partial charge in [0.2, 0.25) is 0 Å². The zero-order chi connectivity index (χ0) is 18.8. The van der Waals surface area contributed by atoms with Gasteiger partial charge in [0.15, 0.2) is 0 Å². The van der Waals surface area contributed by atoms with Crippen LogP contribution < -0.4 is 4.74 Å². The normalized spacial score (nSPS) is 11.5. The lowest BCUT2D eigenvalue weighted by atomic mass is 10.1. The lowest BCUT2D eigenvalue weighted by molar-refractivity contribution is 0.306. The second kappa shape index (κ2) is 10.2. The Kier molecular flexibility index (Phi) is 7.96. The van der Waals surface area contributed by atoms with Crippen LogP contribution in [0.25, 0.3) is 12.2 Å². The van der Waals surface area contributed by atoms with Gasteiger partial charge in [-0.1, -0.05) is 62.4 Å². The lowest BCUT2D eigenvalue weighted by Gasteiger charge is -2.12. The first kappa shape index (κ1) is 20.3. The van der Waals surface area contributed by atoms with Gasteiger partial charge >= 0.3 is 0 Å². The van der Waals surface area contributed by atoms with Gasteiger partial charge in [-0.3, -0.25) is 0 Å². The van der Waals surface area contributed by atoms with E-state index in [-0.39, 0.29) is 0 Å². The Morgan fingerprint density at radius 2 is 1.50 bits per heavy atom. The van der Waals surface area contributed by atoms with E-state index in [9.17, 15) is 0 Å². The van der Waals surface area contributed by atoms with Gasteiger partial charge in [-0.05, 0) is 47.9 Å². The third-order valence-electron chi connectivity index (χ3n) is 4.07. The van der Waals surface area contributed by atoms with Crippen LogP contribution in [0.15, 0.2) is 48.5 Å². The average molecular weight is 384 g/mol. The molecule has 0 fully saturated rings. The molecule has 2 rings (SSSR count). The monoisotopic (exact) mass is 383 g/mol. The summed E-state index contributed by atoms with van der Waals surface area (Å²) in [6.45, 7) is 5.15. The van der Waals surface area contributed by atoms with Crippen LogP contribution in [-0.4, -0.2) is 14.0 Å². The molecule has 0 unspecified atom stereocenters. The van der Waals surface area contributed by atoms with E-state index in [0.29, 0.717) is 5.56 Å². The zero-order valence-corrected chi connectivity index (χ0v) is 17.3. The topological polar surface area (TPSA) is 33.0 Å². The molecule has 0 bridgehead atoms. The van der Waals surface area contributed by atoms with Crippen molar-refractivity contribution in [3.63, 3.8) is 0 Å². The van der Waals surface area contributed by atoms with Crippen molar-refractivity contribution in [3.8, 4) is 11.8 Å². The molecule has 0 saturated heterocycles. The number of ether oxygens (including phenoxy) is 1. The third-order valence-corrected chi connectivity index (χ3v) is 6.18. The van der Waals surface area contributed by atoms with Gasteiger partial charge in [0.05, 0.1) is 18.2 Å². The van der Waals surface area contributed by atoms with Crippen molar-refractivity contribution in [1.82, 2.24) is 0 Å². The van der Waals surface area contributed by atoms with Crippen molar-refractivity contribution in [3.05, 3.63) is 65.2 Å². The number of nitriles is 1. The molecule has 2 aromatic rings. The summed E-state index contributed by atoms with van der Waals surface area (Å²) in [5.74, 6) is 0.910. The van der Waals surface area contributed by atoms with Gasteiger partial charge in [0.1, 0.15) is 13.1 Å². The Labute approximate surface area is 162 Å². The minimum atomic E-state index is -1.41. The highest BCUT2D eigenvalue weighted by molar-refractivity contribution is 7.19. The molecule has 0 spiro atoms. The summed E-state index contributed by atoms with van der Waals surface area (Å²) in [5, 5.41) is 8.81. The summed E-state index contributed by atoms with van der Waals surface area (Å²) in [7, 11) is -1.41. The fraction of sp³-hybridized carbons (Fsp3) is 0.318. The summed E-state index contributed by atoms with van der Waals surface area (Å²) in [4.78, 5) is 0. The number of nitrogens with zero attached hydrogens (tertiary/aromatic N) is 1. The number of unbranched alkanes of at least 4 members (excludes halogenated alkanes) is 2. The molecule has 136 valence electrons. The van der Waals surface area contributed by atoms with Crippen molar-refractivity contribution in [2.24, 2.45) is 0 Å². The van der Waals surface area contributed by atoms with Crippen molar-refractivity contribution in [2.45, 2.75) is 38.4 Å². The van der Waals surface area contributed by atoms with Crippen molar-refractivity contribution < 1.29 is 4.74 Å². The summed E-state index contributed by atoms with van der Waals surface area (Å²) in [6, 6.07) is 19.0. The van der Waals surface area contributed by atoms with E-state index in [1.165, 1.54) is 18.9 Å². The van der Waals surface area contributed by atoms with E-state index in [2.05, 4.69) is 37.4 Å². The second-order valence-corrected chi connectivity index (χ2v) is 14.0. The fourth-order valence-electron chi connectivity index (χ4n) is 2.55. The Balaban J connectivity index is 1.73. The molecule has 4 heteroatoms. The van der Waals surface area contributed by atoms with Crippen LogP contribution >= 0.6 is 11.1 Å². The molecule has 2 nitrogen and oxygen atoms in total. The SMILES string of the molecule is C[Si](C)(Cl)CCCCCOc1ccc(/C=C/c2ccc(C#N)cc2)cc1. The molecule has 0 N–H and O–H groups in total. The Morgan fingerprint density at radius 3 is 2.04 bits per heavy atom. The maximum absolute atomic E-state index is 8.81. The molecule has 0 aliphatic carbocycles. The minimum Gasteiger partial charge on any atom is -0.494 e. The highest BCUT2D eigenvalue weighted by atomic mass is 35.6. The van der Waals surface area contributed by atoms with E-state index in [1.54, 1.807) is 0 Å². The first-order valence-electron chi connectivity index (χ1n) is 9.06. The predicted octanol–water partition coefficient (Wildman–Crippen LogP) is 6.72. The molecule has 0 aliphatic heterocycles. The predicted molar refractivity (Wildman–Crippen MR) is 114 cm³/mol. The third kappa shape index (κ3) is 7.90. The minimum absolute atomic E-state index is 0.678. The van der Waals surface area contributed by atoms with E-state index in [4.69, 9.17) is 21.1 Å². The molecule has 0 aromatic heterocycles. The quantitative estimate of drug-likeness (QED) is 0.208. The molecular weight excluding hydrogens is 358 g/mol. The number of benzene rings is 2.